The highest BCUT2D eigenvalue weighted by Crippen LogP contribution is 2.64. The van der Waals surface area contributed by atoms with Crippen LogP contribution in [-0.4, -0.2) is 80.6 Å². The molecular weight excluding hydrogens is 546 g/mol. The number of phenolic OH excluding ortho intramolecular Hbond substituents is 1. The Labute approximate surface area is 245 Å². The molecule has 4 heterocycles. The van der Waals surface area contributed by atoms with Gasteiger partial charge in [-0.2, -0.15) is 0 Å². The lowest BCUT2D eigenvalue weighted by molar-refractivity contribution is -0.188. The molecule has 9 rings (SSSR count). The minimum Gasteiger partial charge on any atom is -0.504 e. The zero-order valence-corrected chi connectivity index (χ0v) is 24.1. The number of halogens is 1. The minimum atomic E-state index is -0.940. The van der Waals surface area contributed by atoms with Crippen LogP contribution in [0.1, 0.15) is 54.8 Å². The Morgan fingerprint density at radius 1 is 1.10 bits per heavy atom. The molecule has 0 aromatic heterocycles. The predicted molar refractivity (Wildman–Crippen MR) is 158 cm³/mol. The summed E-state index contributed by atoms with van der Waals surface area (Å²) in [6.07, 6.45) is 4.33. The van der Waals surface area contributed by atoms with E-state index in [-0.39, 0.29) is 30.0 Å². The third-order valence-electron chi connectivity index (χ3n) is 10.3. The van der Waals surface area contributed by atoms with Crippen molar-refractivity contribution in [1.29, 1.82) is 0 Å². The Hall–Kier alpha value is -2.26. The van der Waals surface area contributed by atoms with E-state index in [1.807, 2.05) is 17.8 Å². The number of hydrogen-bond acceptors (Lipinski definition) is 8. The van der Waals surface area contributed by atoms with Crippen molar-refractivity contribution in [2.24, 2.45) is 10.9 Å². The summed E-state index contributed by atoms with van der Waals surface area (Å²) in [7, 11) is 0. The van der Waals surface area contributed by atoms with Crippen molar-refractivity contribution in [3.05, 3.63) is 59.2 Å². The van der Waals surface area contributed by atoms with E-state index in [1.165, 1.54) is 35.9 Å². The number of Topliss-reactive ketones (excluding diaryl/α,β-unsaturated/α-hetero) is 1. The van der Waals surface area contributed by atoms with Crippen molar-refractivity contribution in [3.8, 4) is 11.5 Å². The lowest BCUT2D eigenvalue weighted by Gasteiger charge is -2.62. The maximum absolute atomic E-state index is 12.7. The highest BCUT2D eigenvalue weighted by molar-refractivity contribution is 8.14. The van der Waals surface area contributed by atoms with Crippen molar-refractivity contribution in [1.82, 2.24) is 9.80 Å². The fraction of sp³-hybridized carbons (Fsp3) is 0.548. The van der Waals surface area contributed by atoms with Crippen LogP contribution in [0.25, 0.3) is 0 Å². The molecule has 0 unspecified atom stereocenters. The summed E-state index contributed by atoms with van der Waals surface area (Å²) in [5, 5.41) is 23.5. The Morgan fingerprint density at radius 2 is 1.93 bits per heavy atom. The largest absolute Gasteiger partial charge is 0.504 e. The first kappa shape index (κ1) is 26.6. The fourth-order valence-corrected chi connectivity index (χ4v) is 9.27. The second kappa shape index (κ2) is 9.65. The summed E-state index contributed by atoms with van der Waals surface area (Å²) in [6, 6.07) is 14.6. The number of carbonyl (C=O) groups is 1. The summed E-state index contributed by atoms with van der Waals surface area (Å²) in [5.41, 5.74) is 1.80. The van der Waals surface area contributed by atoms with Crippen molar-refractivity contribution < 1.29 is 19.7 Å². The second-order valence-corrected chi connectivity index (χ2v) is 13.4. The van der Waals surface area contributed by atoms with Gasteiger partial charge in [0, 0.05) is 43.4 Å². The van der Waals surface area contributed by atoms with E-state index < -0.39 is 17.1 Å². The van der Waals surface area contributed by atoms with Crippen molar-refractivity contribution in [2.45, 2.75) is 67.7 Å². The molecule has 2 saturated heterocycles. The van der Waals surface area contributed by atoms with Crippen LogP contribution in [0.5, 0.6) is 11.5 Å². The summed E-state index contributed by atoms with van der Waals surface area (Å²) in [5.74, 6) is 2.60. The average Bonchev–Trinajstić information content (AvgIpc) is 3.32. The number of likely N-dealkylation sites (tertiary alicyclic amines) is 1. The van der Waals surface area contributed by atoms with E-state index in [2.05, 4.69) is 40.1 Å². The van der Waals surface area contributed by atoms with E-state index in [9.17, 15) is 15.0 Å². The van der Waals surface area contributed by atoms with Crippen LogP contribution >= 0.6 is 24.2 Å². The van der Waals surface area contributed by atoms with Crippen LogP contribution in [0.2, 0.25) is 0 Å². The first-order chi connectivity index (χ1) is 19.0. The molecule has 2 aromatic carbocycles. The number of aromatic hydroxyl groups is 1. The van der Waals surface area contributed by atoms with Gasteiger partial charge >= 0.3 is 0 Å². The summed E-state index contributed by atoms with van der Waals surface area (Å²) < 4.78 is 6.04. The zero-order valence-electron chi connectivity index (χ0n) is 22.5. The second-order valence-electron chi connectivity index (χ2n) is 12.3. The fourth-order valence-electron chi connectivity index (χ4n) is 8.22. The van der Waals surface area contributed by atoms with Gasteiger partial charge in [0.2, 0.25) is 0 Å². The molecule has 2 bridgehead atoms. The Kier molecular flexibility index (Phi) is 6.42. The van der Waals surface area contributed by atoms with Gasteiger partial charge in [0.25, 0.3) is 0 Å². The lowest BCUT2D eigenvalue weighted by atomic mass is 9.49. The minimum absolute atomic E-state index is 0. The molecule has 7 nitrogen and oxygen atoms in total. The summed E-state index contributed by atoms with van der Waals surface area (Å²) in [4.78, 5) is 22.3. The molecule has 3 aliphatic carbocycles. The number of aliphatic imine (C=N–C) groups is 1. The number of thioether (sulfide) groups is 1. The summed E-state index contributed by atoms with van der Waals surface area (Å²) in [6.45, 7) is 4.20. The lowest BCUT2D eigenvalue weighted by Crippen LogP contribution is -2.76. The van der Waals surface area contributed by atoms with Crippen LogP contribution in [0.3, 0.4) is 0 Å². The van der Waals surface area contributed by atoms with Gasteiger partial charge in [0.15, 0.2) is 28.6 Å². The van der Waals surface area contributed by atoms with Crippen LogP contribution in [0, 0.1) is 5.92 Å². The van der Waals surface area contributed by atoms with Crippen molar-refractivity contribution >= 4 is 35.1 Å². The molecular formula is C31H36ClN3O4S. The molecule has 7 aliphatic rings. The van der Waals surface area contributed by atoms with Gasteiger partial charge in [-0.05, 0) is 61.8 Å². The van der Waals surface area contributed by atoms with Gasteiger partial charge in [-0.3, -0.25) is 14.7 Å². The number of amidine groups is 1. The number of fused-ring (bicyclic) bond motifs is 1. The highest BCUT2D eigenvalue weighted by Gasteiger charge is 2.73. The molecule has 0 amide bonds. The third kappa shape index (κ3) is 3.79. The number of nitrogens with zero attached hydrogens (tertiary/aromatic N) is 3. The average molecular weight is 582 g/mol. The molecule has 2 saturated carbocycles. The molecule has 2 N–H and O–H groups in total. The maximum atomic E-state index is 12.7. The molecule has 0 radical (unpaired) electrons. The summed E-state index contributed by atoms with van der Waals surface area (Å²) >= 11 is 1.89. The quantitative estimate of drug-likeness (QED) is 0.565. The van der Waals surface area contributed by atoms with E-state index >= 15 is 0 Å². The molecule has 2 aromatic rings. The first-order valence-electron chi connectivity index (χ1n) is 14.5. The smallest absolute Gasteiger partial charge is 0.174 e. The number of benzene rings is 2. The number of rotatable bonds is 3. The maximum Gasteiger partial charge on any atom is 0.174 e. The Morgan fingerprint density at radius 3 is 2.70 bits per heavy atom. The SMILES string of the molecule is Cl.O=C1CC[C@@]2(O)[C@H]3Cc4ccc(O)c5c4[C@@]2(CCN3CC2CC2)[C@H]1O5.c1ccc([C@H]2CN3CCSC3=N2)cc1. The Bertz CT molecular complexity index is 1370. The first-order valence-corrected chi connectivity index (χ1v) is 15.5. The number of carbonyl (C=O) groups excluding carboxylic acids is 1. The van der Waals surface area contributed by atoms with Crippen molar-refractivity contribution in [3.63, 3.8) is 0 Å². The van der Waals surface area contributed by atoms with Crippen LogP contribution in [0.15, 0.2) is 47.5 Å². The number of hydrogen-bond donors (Lipinski definition) is 2. The van der Waals surface area contributed by atoms with Crippen LogP contribution in [0.4, 0.5) is 0 Å². The van der Waals surface area contributed by atoms with Crippen LogP contribution in [-0.2, 0) is 16.6 Å². The van der Waals surface area contributed by atoms with Gasteiger partial charge in [-0.15, -0.1) is 12.4 Å². The van der Waals surface area contributed by atoms with Crippen LogP contribution < -0.4 is 4.74 Å². The van der Waals surface area contributed by atoms with Gasteiger partial charge < -0.3 is 19.8 Å². The molecule has 4 aliphatic heterocycles. The molecule has 212 valence electrons. The van der Waals surface area contributed by atoms with E-state index in [0.717, 1.165) is 49.5 Å². The number of phenols is 1. The zero-order chi connectivity index (χ0) is 26.4. The number of ether oxygens (including phenoxy) is 1. The highest BCUT2D eigenvalue weighted by atomic mass is 35.5. The normalized spacial score (nSPS) is 34.6. The molecule has 4 fully saturated rings. The van der Waals surface area contributed by atoms with E-state index in [1.54, 1.807) is 6.07 Å². The van der Waals surface area contributed by atoms with Gasteiger partial charge in [0.05, 0.1) is 17.1 Å². The molecule has 40 heavy (non-hydrogen) atoms. The van der Waals surface area contributed by atoms with Gasteiger partial charge in [-0.1, -0.05) is 48.2 Å². The van der Waals surface area contributed by atoms with Crippen molar-refractivity contribution in [2.75, 3.05) is 31.9 Å². The monoisotopic (exact) mass is 581 g/mol. The predicted octanol–water partition coefficient (Wildman–Crippen LogP) is 4.09. The standard InChI is InChI=1S/C20H23NO4.C11H12N2S.ClH/c22-13-4-3-12-9-15-20(24)6-5-14(23)18-19(20,16(12)17(13)25-18)7-8-21(15)10-11-1-2-11;1-2-4-9(5-3-1)10-8-13-6-7-14-11(13)12-10;/h3-4,11,15,18,22,24H,1-2,5-10H2;1-5,10H,6-8H2;1H/t15-,18+,19+,20-;10-;/m11./s1. The Balaban J connectivity index is 0.000000150. The molecule has 5 atom stereocenters. The number of ketones is 1. The van der Waals surface area contributed by atoms with E-state index in [0.29, 0.717) is 24.6 Å². The third-order valence-corrected chi connectivity index (χ3v) is 11.3. The number of piperidine rings is 1. The molecule has 9 heteroatoms. The van der Waals surface area contributed by atoms with Gasteiger partial charge in [0.1, 0.15) is 0 Å². The van der Waals surface area contributed by atoms with E-state index in [4.69, 9.17) is 9.73 Å². The topological polar surface area (TPSA) is 85.6 Å². The number of aliphatic hydroxyl groups is 1. The van der Waals surface area contributed by atoms with Gasteiger partial charge in [-0.25, -0.2) is 0 Å². The molecule has 1 spiro atoms.